The molecule has 0 aliphatic rings. The number of benzene rings is 2. The molecule has 0 aliphatic heterocycles. The highest BCUT2D eigenvalue weighted by molar-refractivity contribution is 9.10. The first kappa shape index (κ1) is 21.5. The van der Waals surface area contributed by atoms with Crippen molar-refractivity contribution in [2.75, 3.05) is 5.32 Å². The summed E-state index contributed by atoms with van der Waals surface area (Å²) in [5.74, 6) is -2.10. The number of phenolic OH excluding ortho intramolecular Hbond substituents is 1. The topological polar surface area (TPSA) is 92.5 Å². The summed E-state index contributed by atoms with van der Waals surface area (Å²) in [6.45, 7) is 0. The van der Waals surface area contributed by atoms with E-state index < -0.39 is 61.5 Å². The van der Waals surface area contributed by atoms with E-state index in [2.05, 4.69) is 15.9 Å². The third-order valence-electron chi connectivity index (χ3n) is 3.38. The van der Waals surface area contributed by atoms with Crippen LogP contribution in [0.1, 0.15) is 21.5 Å². The van der Waals surface area contributed by atoms with Crippen LogP contribution in [0.5, 0.6) is 5.75 Å². The monoisotopic (exact) mass is 472 g/mol. The van der Waals surface area contributed by atoms with E-state index in [1.54, 1.807) is 5.32 Å². The summed E-state index contributed by atoms with van der Waals surface area (Å²) in [5, 5.41) is 22.1. The van der Waals surface area contributed by atoms with Crippen LogP contribution >= 0.6 is 15.9 Å². The number of nitrogens with one attached hydrogen (secondary N) is 1. The molecule has 2 rings (SSSR count). The van der Waals surface area contributed by atoms with E-state index in [4.69, 9.17) is 0 Å². The Morgan fingerprint density at radius 2 is 1.54 bits per heavy atom. The van der Waals surface area contributed by atoms with Crippen molar-refractivity contribution >= 4 is 33.2 Å². The normalized spacial score (nSPS) is 12.0. The third-order valence-corrected chi connectivity index (χ3v) is 4.23. The highest BCUT2D eigenvalue weighted by Gasteiger charge is 2.41. The Morgan fingerprint density at radius 3 is 1.96 bits per heavy atom. The molecule has 2 aromatic carbocycles. The van der Waals surface area contributed by atoms with Gasteiger partial charge in [0.1, 0.15) is 5.75 Å². The van der Waals surface area contributed by atoms with Gasteiger partial charge in [0, 0.05) is 22.3 Å². The summed E-state index contributed by atoms with van der Waals surface area (Å²) >= 11 is 2.27. The Balaban J connectivity index is 2.53. The van der Waals surface area contributed by atoms with Crippen LogP contribution in [0.25, 0.3) is 0 Å². The van der Waals surface area contributed by atoms with Gasteiger partial charge in [-0.05, 0) is 34.1 Å². The van der Waals surface area contributed by atoms with Crippen molar-refractivity contribution in [2.45, 2.75) is 12.4 Å². The van der Waals surface area contributed by atoms with Crippen molar-refractivity contribution in [1.82, 2.24) is 0 Å². The molecule has 2 N–H and O–H groups in total. The lowest BCUT2D eigenvalue weighted by Gasteiger charge is -2.17. The largest absolute Gasteiger partial charge is 0.507 e. The predicted octanol–water partition coefficient (Wildman–Crippen LogP) is 5.35. The van der Waals surface area contributed by atoms with Gasteiger partial charge in [-0.15, -0.1) is 0 Å². The van der Waals surface area contributed by atoms with Gasteiger partial charge in [-0.3, -0.25) is 14.9 Å². The molecule has 0 aliphatic carbocycles. The van der Waals surface area contributed by atoms with Crippen LogP contribution in [0.3, 0.4) is 0 Å². The van der Waals surface area contributed by atoms with E-state index in [0.29, 0.717) is 6.07 Å². The molecule has 0 bridgehead atoms. The van der Waals surface area contributed by atoms with Gasteiger partial charge in [0.05, 0.1) is 21.6 Å². The van der Waals surface area contributed by atoms with Gasteiger partial charge in [0.15, 0.2) is 0 Å². The van der Waals surface area contributed by atoms with Gasteiger partial charge < -0.3 is 10.4 Å². The SMILES string of the molecule is O=C(Nc1cc(C(F)(F)F)c(Br)c(C(F)(F)F)c1)c1cc([N+](=O)[O-])ccc1O. The molecular weight excluding hydrogens is 466 g/mol. The van der Waals surface area contributed by atoms with Crippen molar-refractivity contribution in [2.24, 2.45) is 0 Å². The first-order chi connectivity index (χ1) is 12.7. The van der Waals surface area contributed by atoms with Gasteiger partial charge in [-0.1, -0.05) is 0 Å². The highest BCUT2D eigenvalue weighted by Crippen LogP contribution is 2.44. The first-order valence-electron chi connectivity index (χ1n) is 6.98. The van der Waals surface area contributed by atoms with Crippen LogP contribution < -0.4 is 5.32 Å². The molecule has 0 fully saturated rings. The second-order valence-corrected chi connectivity index (χ2v) is 6.09. The van der Waals surface area contributed by atoms with Crippen LogP contribution in [0, 0.1) is 10.1 Å². The number of carbonyl (C=O) groups excluding carboxylic acids is 1. The quantitative estimate of drug-likeness (QED) is 0.357. The lowest BCUT2D eigenvalue weighted by molar-refractivity contribution is -0.384. The van der Waals surface area contributed by atoms with Crippen LogP contribution in [0.2, 0.25) is 0 Å². The minimum Gasteiger partial charge on any atom is -0.507 e. The number of hydrogen-bond acceptors (Lipinski definition) is 4. The van der Waals surface area contributed by atoms with E-state index in [1.165, 1.54) is 0 Å². The van der Waals surface area contributed by atoms with Crippen molar-refractivity contribution in [1.29, 1.82) is 0 Å². The van der Waals surface area contributed by atoms with Crippen LogP contribution in [-0.2, 0) is 12.4 Å². The molecule has 0 spiro atoms. The zero-order valence-corrected chi connectivity index (χ0v) is 14.7. The van der Waals surface area contributed by atoms with E-state index in [0.717, 1.165) is 12.1 Å². The Labute approximate surface area is 160 Å². The summed E-state index contributed by atoms with van der Waals surface area (Å²) in [5.41, 5.74) is -5.59. The maximum absolute atomic E-state index is 13.0. The Bertz CT molecular complexity index is 924. The number of halogens is 7. The standard InChI is InChI=1S/C15H7BrF6N2O4/c16-12-9(14(17,18)19)3-6(4-10(12)15(20,21)22)23-13(26)8-5-7(24(27)28)1-2-11(8)25/h1-5,25H,(H,23,26). The van der Waals surface area contributed by atoms with Gasteiger partial charge in [-0.2, -0.15) is 26.3 Å². The molecule has 6 nitrogen and oxygen atoms in total. The molecule has 13 heteroatoms. The molecule has 2 aromatic rings. The molecule has 150 valence electrons. The maximum atomic E-state index is 13.0. The predicted molar refractivity (Wildman–Crippen MR) is 86.9 cm³/mol. The molecular formula is C15H7BrF6N2O4. The number of alkyl halides is 6. The summed E-state index contributed by atoms with van der Waals surface area (Å²) < 4.78 is 77.0. The first-order valence-corrected chi connectivity index (χ1v) is 7.78. The Kier molecular flexibility index (Phi) is 5.59. The molecule has 0 saturated heterocycles. The molecule has 0 radical (unpaired) electrons. The number of aromatic hydroxyl groups is 1. The second-order valence-electron chi connectivity index (χ2n) is 5.29. The average molecular weight is 473 g/mol. The van der Waals surface area contributed by atoms with Gasteiger partial charge in [0.2, 0.25) is 0 Å². The van der Waals surface area contributed by atoms with Crippen molar-refractivity contribution in [3.05, 3.63) is 61.6 Å². The minimum atomic E-state index is -5.17. The molecule has 28 heavy (non-hydrogen) atoms. The van der Waals surface area contributed by atoms with E-state index in [9.17, 15) is 46.4 Å². The van der Waals surface area contributed by atoms with Gasteiger partial charge >= 0.3 is 12.4 Å². The van der Waals surface area contributed by atoms with Crippen LogP contribution in [0.15, 0.2) is 34.8 Å². The number of anilines is 1. The summed E-state index contributed by atoms with van der Waals surface area (Å²) in [6.07, 6.45) is -10.3. The van der Waals surface area contributed by atoms with Crippen molar-refractivity contribution in [3.63, 3.8) is 0 Å². The number of nitrogens with zero attached hydrogens (tertiary/aromatic N) is 1. The number of hydrogen-bond donors (Lipinski definition) is 2. The molecule has 0 atom stereocenters. The lowest BCUT2D eigenvalue weighted by atomic mass is 10.1. The van der Waals surface area contributed by atoms with Gasteiger partial charge in [0.25, 0.3) is 11.6 Å². The third kappa shape index (κ3) is 4.52. The zero-order chi connectivity index (χ0) is 21.4. The van der Waals surface area contributed by atoms with E-state index >= 15 is 0 Å². The number of carbonyl (C=O) groups is 1. The number of nitro groups is 1. The maximum Gasteiger partial charge on any atom is 0.417 e. The average Bonchev–Trinajstić information content (AvgIpc) is 2.54. The molecule has 0 aromatic heterocycles. The zero-order valence-electron chi connectivity index (χ0n) is 13.2. The fraction of sp³-hybridized carbons (Fsp3) is 0.133. The number of amides is 1. The molecule has 0 saturated carbocycles. The fourth-order valence-corrected chi connectivity index (χ4v) is 2.81. The molecule has 1 amide bonds. The van der Waals surface area contributed by atoms with Crippen molar-refractivity contribution in [3.8, 4) is 5.75 Å². The highest BCUT2D eigenvalue weighted by atomic mass is 79.9. The number of non-ortho nitro benzene ring substituents is 1. The summed E-state index contributed by atoms with van der Waals surface area (Å²) in [4.78, 5) is 22.0. The van der Waals surface area contributed by atoms with Crippen LogP contribution in [-0.4, -0.2) is 15.9 Å². The van der Waals surface area contributed by atoms with Gasteiger partial charge in [-0.25, -0.2) is 0 Å². The number of nitro benzene ring substituents is 1. The van der Waals surface area contributed by atoms with E-state index in [1.807, 2.05) is 0 Å². The lowest BCUT2D eigenvalue weighted by Crippen LogP contribution is -2.17. The number of rotatable bonds is 3. The number of phenols is 1. The Hall–Kier alpha value is -2.83. The van der Waals surface area contributed by atoms with Crippen LogP contribution in [0.4, 0.5) is 37.7 Å². The second kappa shape index (κ2) is 7.30. The Morgan fingerprint density at radius 1 is 1.04 bits per heavy atom. The fourth-order valence-electron chi connectivity index (χ4n) is 2.13. The molecule has 0 unspecified atom stereocenters. The van der Waals surface area contributed by atoms with Crippen molar-refractivity contribution < 1.29 is 41.2 Å². The summed E-state index contributed by atoms with van der Waals surface area (Å²) in [6, 6.07) is 2.78. The summed E-state index contributed by atoms with van der Waals surface area (Å²) in [7, 11) is 0. The minimum absolute atomic E-state index is 0.256. The molecule has 0 heterocycles. The van der Waals surface area contributed by atoms with E-state index in [-0.39, 0.29) is 12.1 Å². The smallest absolute Gasteiger partial charge is 0.417 e.